The summed E-state index contributed by atoms with van der Waals surface area (Å²) in [6.07, 6.45) is 5.02. The fraction of sp³-hybridized carbons (Fsp3) is 0.196. The molecule has 8 heteroatoms. The van der Waals surface area contributed by atoms with Gasteiger partial charge in [-0.1, -0.05) is 164 Å². The number of hydrogen-bond acceptors (Lipinski definition) is 7. The molecule has 8 nitrogen and oxygen atoms in total. The maximum absolute atomic E-state index is 11.9. The lowest BCUT2D eigenvalue weighted by Crippen LogP contribution is -2.39. The summed E-state index contributed by atoms with van der Waals surface area (Å²) < 4.78 is 14.8. The van der Waals surface area contributed by atoms with Crippen LogP contribution in [0.25, 0.3) is 11.2 Å². The summed E-state index contributed by atoms with van der Waals surface area (Å²) in [5, 5.41) is 15.8. The van der Waals surface area contributed by atoms with Crippen LogP contribution in [0.3, 0.4) is 0 Å². The van der Waals surface area contributed by atoms with Gasteiger partial charge in [0, 0.05) is 12.0 Å². The maximum atomic E-state index is 11.9. The van der Waals surface area contributed by atoms with Gasteiger partial charge in [0.05, 0.1) is 26.1 Å². The Labute approximate surface area is 345 Å². The van der Waals surface area contributed by atoms with Gasteiger partial charge in [0.25, 0.3) is 0 Å². The van der Waals surface area contributed by atoms with Crippen molar-refractivity contribution in [3.63, 3.8) is 0 Å². The lowest BCUT2D eigenvalue weighted by Gasteiger charge is -2.39. The molecule has 9 rings (SSSR count). The third-order valence-corrected chi connectivity index (χ3v) is 12.0. The van der Waals surface area contributed by atoms with Crippen molar-refractivity contribution in [3.05, 3.63) is 222 Å². The first-order chi connectivity index (χ1) is 29.1. The minimum atomic E-state index is -0.845. The lowest BCUT2D eigenvalue weighted by molar-refractivity contribution is -0.0552. The predicted octanol–water partition coefficient (Wildman–Crippen LogP) is 9.95. The highest BCUT2D eigenvalue weighted by Crippen LogP contribution is 2.44. The second kappa shape index (κ2) is 16.7. The summed E-state index contributed by atoms with van der Waals surface area (Å²) >= 11 is 0. The van der Waals surface area contributed by atoms with Crippen molar-refractivity contribution in [2.45, 2.75) is 42.5 Å². The molecular formula is C51H47N5O3. The molecule has 0 bridgehead atoms. The number of aromatic nitrogens is 4. The fourth-order valence-electron chi connectivity index (χ4n) is 8.96. The monoisotopic (exact) mass is 777 g/mol. The molecule has 1 aliphatic rings. The standard InChI is InChI=1S/C51H47N5O3/c1-58-45-31-28-40(29-32-45)50(38-17-7-2-8-18-38,39-19-9-3-10-20-39)55-48-47-49(53-35-52-48)56(36-54-47)44-30-27-37(46(57)33-44)34-59-51(41-21-11-4-12-22-41,42-23-13-5-14-24-42)43-25-15-6-16-26-43/h2-26,28-29,31-32,35-37,44,46,57H,27,30,33-34H2,1H3,(H,52,53,55)/t37-,44-,46-/m1/s1. The molecule has 2 N–H and O–H groups in total. The third-order valence-electron chi connectivity index (χ3n) is 12.0. The van der Waals surface area contributed by atoms with Crippen LogP contribution in [0.4, 0.5) is 5.82 Å². The zero-order chi connectivity index (χ0) is 40.1. The van der Waals surface area contributed by atoms with Crippen molar-refractivity contribution in [2.24, 2.45) is 5.92 Å². The molecule has 59 heavy (non-hydrogen) atoms. The number of fused-ring (bicyclic) bond motifs is 1. The van der Waals surface area contributed by atoms with Crippen LogP contribution in [0, 0.1) is 5.92 Å². The number of nitrogens with zero attached hydrogens (tertiary/aromatic N) is 4. The summed E-state index contributed by atoms with van der Waals surface area (Å²) in [6.45, 7) is 0.389. The van der Waals surface area contributed by atoms with Gasteiger partial charge in [-0.2, -0.15) is 0 Å². The van der Waals surface area contributed by atoms with Gasteiger partial charge in [0.15, 0.2) is 11.5 Å². The van der Waals surface area contributed by atoms with Crippen LogP contribution in [-0.4, -0.2) is 44.4 Å². The van der Waals surface area contributed by atoms with E-state index in [1.807, 2.05) is 48.8 Å². The molecule has 1 aliphatic carbocycles. The quantitative estimate of drug-likeness (QED) is 0.113. The van der Waals surface area contributed by atoms with Crippen LogP contribution in [0.5, 0.6) is 5.75 Å². The fourth-order valence-corrected chi connectivity index (χ4v) is 8.96. The van der Waals surface area contributed by atoms with Gasteiger partial charge in [-0.15, -0.1) is 0 Å². The highest BCUT2D eigenvalue weighted by Gasteiger charge is 2.41. The average molecular weight is 778 g/mol. The predicted molar refractivity (Wildman–Crippen MR) is 232 cm³/mol. The normalized spacial score (nSPS) is 17.1. The lowest BCUT2D eigenvalue weighted by atomic mass is 9.77. The van der Waals surface area contributed by atoms with E-state index < -0.39 is 17.2 Å². The summed E-state index contributed by atoms with van der Waals surface area (Å²) in [5.74, 6) is 1.32. The van der Waals surface area contributed by atoms with Crippen LogP contribution in [0.1, 0.15) is 58.7 Å². The van der Waals surface area contributed by atoms with Crippen molar-refractivity contribution >= 4 is 17.0 Å². The van der Waals surface area contributed by atoms with Gasteiger partial charge in [-0.25, -0.2) is 15.0 Å². The molecule has 8 aromatic rings. The Morgan fingerprint density at radius 2 is 1.10 bits per heavy atom. The van der Waals surface area contributed by atoms with Crippen molar-refractivity contribution in [1.82, 2.24) is 19.5 Å². The molecule has 294 valence electrons. The van der Waals surface area contributed by atoms with Gasteiger partial charge in [0.1, 0.15) is 28.7 Å². The van der Waals surface area contributed by atoms with Crippen LogP contribution in [0.15, 0.2) is 189 Å². The number of benzene rings is 6. The second-order valence-electron chi connectivity index (χ2n) is 15.3. The third kappa shape index (κ3) is 7.15. The number of nitrogens with one attached hydrogen (secondary N) is 1. The van der Waals surface area contributed by atoms with E-state index in [1.165, 1.54) is 0 Å². The van der Waals surface area contributed by atoms with Gasteiger partial charge in [-0.3, -0.25) is 0 Å². The molecule has 0 spiro atoms. The smallest absolute Gasteiger partial charge is 0.165 e. The van der Waals surface area contributed by atoms with E-state index in [0.29, 0.717) is 24.4 Å². The molecule has 0 aliphatic heterocycles. The van der Waals surface area contributed by atoms with E-state index in [0.717, 1.165) is 57.6 Å². The molecule has 3 atom stereocenters. The SMILES string of the molecule is COc1ccc(C(Nc2ncnc3c2ncn3[C@@H]2CC[C@H](COC(c3ccccc3)(c3ccccc3)c3ccccc3)[C@H](O)C2)(c2ccccc2)c2ccccc2)cc1. The van der Waals surface area contributed by atoms with Crippen LogP contribution < -0.4 is 10.1 Å². The Hall–Kier alpha value is -6.61. The van der Waals surface area contributed by atoms with E-state index in [-0.39, 0.29) is 12.0 Å². The Balaban J connectivity index is 1.01. The van der Waals surface area contributed by atoms with Crippen LogP contribution >= 0.6 is 0 Å². The molecule has 0 saturated heterocycles. The summed E-state index contributed by atoms with van der Waals surface area (Å²) in [5.41, 5.74) is 5.95. The van der Waals surface area contributed by atoms with E-state index in [1.54, 1.807) is 13.4 Å². The highest BCUT2D eigenvalue weighted by molar-refractivity contribution is 5.84. The summed E-state index contributed by atoms with van der Waals surface area (Å²) in [7, 11) is 1.68. The van der Waals surface area contributed by atoms with Gasteiger partial charge in [-0.05, 0) is 64.8 Å². The van der Waals surface area contributed by atoms with Crippen molar-refractivity contribution < 1.29 is 14.6 Å². The number of aliphatic hydroxyl groups is 1. The van der Waals surface area contributed by atoms with E-state index >= 15 is 0 Å². The van der Waals surface area contributed by atoms with Crippen molar-refractivity contribution in [1.29, 1.82) is 0 Å². The van der Waals surface area contributed by atoms with Crippen molar-refractivity contribution in [2.75, 3.05) is 19.0 Å². The number of ether oxygens (including phenoxy) is 2. The van der Waals surface area contributed by atoms with Crippen LogP contribution in [-0.2, 0) is 15.9 Å². The number of hydrogen-bond donors (Lipinski definition) is 2. The Morgan fingerprint density at radius 1 is 0.610 bits per heavy atom. The van der Waals surface area contributed by atoms with E-state index in [4.69, 9.17) is 24.4 Å². The molecule has 2 heterocycles. The summed E-state index contributed by atoms with van der Waals surface area (Å²) in [4.78, 5) is 14.6. The van der Waals surface area contributed by atoms with Gasteiger partial charge < -0.3 is 24.5 Å². The number of methoxy groups -OCH3 is 1. The first-order valence-electron chi connectivity index (χ1n) is 20.3. The van der Waals surface area contributed by atoms with Gasteiger partial charge >= 0.3 is 0 Å². The first-order valence-corrected chi connectivity index (χ1v) is 20.3. The van der Waals surface area contributed by atoms with Crippen LogP contribution in [0.2, 0.25) is 0 Å². The summed E-state index contributed by atoms with van der Waals surface area (Å²) in [6, 6.07) is 60.2. The Bertz CT molecular complexity index is 2430. The first kappa shape index (κ1) is 37.9. The number of aliphatic hydroxyl groups excluding tert-OH is 1. The topological polar surface area (TPSA) is 94.3 Å². The molecule has 1 fully saturated rings. The maximum Gasteiger partial charge on any atom is 0.165 e. The number of rotatable bonds is 13. The van der Waals surface area contributed by atoms with Crippen molar-refractivity contribution in [3.8, 4) is 5.75 Å². The molecule has 0 amide bonds. The average Bonchev–Trinajstić information content (AvgIpc) is 3.76. The van der Waals surface area contributed by atoms with E-state index in [2.05, 4.69) is 143 Å². The molecule has 0 unspecified atom stereocenters. The minimum Gasteiger partial charge on any atom is -0.497 e. The number of imidazole rings is 1. The Kier molecular flexibility index (Phi) is 10.7. The highest BCUT2D eigenvalue weighted by atomic mass is 16.5. The molecule has 1 saturated carbocycles. The largest absolute Gasteiger partial charge is 0.497 e. The van der Waals surface area contributed by atoms with E-state index in [9.17, 15) is 5.11 Å². The zero-order valence-electron chi connectivity index (χ0n) is 33.0. The van der Waals surface area contributed by atoms with Gasteiger partial charge in [0.2, 0.25) is 0 Å². The second-order valence-corrected chi connectivity index (χ2v) is 15.3. The molecular weight excluding hydrogens is 731 g/mol. The molecule has 6 aromatic carbocycles. The number of anilines is 1. The zero-order valence-corrected chi connectivity index (χ0v) is 33.0. The minimum absolute atomic E-state index is 0.00859. The molecule has 0 radical (unpaired) electrons. The molecule has 2 aromatic heterocycles. The Morgan fingerprint density at radius 3 is 1.59 bits per heavy atom.